The Bertz CT molecular complexity index is 626. The Balaban J connectivity index is 0.000000360. The third kappa shape index (κ3) is 8.97. The van der Waals surface area contributed by atoms with E-state index in [-0.39, 0.29) is 0 Å². The van der Waals surface area contributed by atoms with Crippen molar-refractivity contribution >= 4 is 11.9 Å². The second kappa shape index (κ2) is 11.8. The molecular weight excluding hydrogens is 338 g/mol. The molecule has 2 aromatic heterocycles. The first-order valence-electron chi connectivity index (χ1n) is 8.52. The molecule has 0 aromatic carbocycles. The van der Waals surface area contributed by atoms with Crippen molar-refractivity contribution in [1.29, 1.82) is 0 Å². The number of carbonyl (C=O) groups is 2. The molecule has 3 heterocycles. The van der Waals surface area contributed by atoms with Gasteiger partial charge in [0.15, 0.2) is 5.82 Å². The molecular formula is C17H27N5O4. The van der Waals surface area contributed by atoms with Crippen molar-refractivity contribution in [1.82, 2.24) is 24.8 Å². The molecule has 1 fully saturated rings. The van der Waals surface area contributed by atoms with Gasteiger partial charge in [0, 0.05) is 38.8 Å². The number of H-pyrrole nitrogens is 1. The fourth-order valence-electron chi connectivity index (χ4n) is 2.57. The Morgan fingerprint density at radius 1 is 1.23 bits per heavy atom. The van der Waals surface area contributed by atoms with E-state index in [0.29, 0.717) is 6.04 Å². The molecule has 0 amide bonds. The van der Waals surface area contributed by atoms with E-state index >= 15 is 0 Å². The van der Waals surface area contributed by atoms with Crippen molar-refractivity contribution in [2.24, 2.45) is 0 Å². The van der Waals surface area contributed by atoms with Gasteiger partial charge in [-0.15, -0.1) is 0 Å². The highest BCUT2D eigenvalue weighted by Crippen LogP contribution is 2.16. The maximum Gasteiger partial charge on any atom is 0.300 e. The van der Waals surface area contributed by atoms with Crippen LogP contribution in [0.1, 0.15) is 39.5 Å². The summed E-state index contributed by atoms with van der Waals surface area (Å²) < 4.78 is 2.20. The molecule has 4 N–H and O–H groups in total. The summed E-state index contributed by atoms with van der Waals surface area (Å²) in [5.74, 6) is -0.696. The number of carboxylic acids is 2. The van der Waals surface area contributed by atoms with E-state index in [1.807, 2.05) is 18.6 Å². The number of hydrogen-bond donors (Lipinski definition) is 4. The SMILES string of the molecule is CC(=O)O.CC(=O)O.c1cn(CC2CCCCCN2)c(-c2cnc[nH]2)n1. The molecule has 2 aromatic rings. The number of imidazole rings is 2. The summed E-state index contributed by atoms with van der Waals surface area (Å²) >= 11 is 0. The maximum absolute atomic E-state index is 9.00. The third-order valence-electron chi connectivity index (χ3n) is 3.53. The monoisotopic (exact) mass is 365 g/mol. The number of hydrogen-bond acceptors (Lipinski definition) is 5. The molecule has 26 heavy (non-hydrogen) atoms. The Hall–Kier alpha value is -2.68. The molecule has 0 spiro atoms. The lowest BCUT2D eigenvalue weighted by atomic mass is 10.1. The van der Waals surface area contributed by atoms with Gasteiger partial charge in [-0.25, -0.2) is 9.97 Å². The van der Waals surface area contributed by atoms with E-state index in [9.17, 15) is 0 Å². The summed E-state index contributed by atoms with van der Waals surface area (Å²) in [7, 11) is 0. The first-order chi connectivity index (χ1) is 12.4. The zero-order valence-corrected chi connectivity index (χ0v) is 15.2. The number of aliphatic carboxylic acids is 2. The predicted molar refractivity (Wildman–Crippen MR) is 96.7 cm³/mol. The van der Waals surface area contributed by atoms with Crippen LogP contribution in [-0.4, -0.2) is 54.3 Å². The second-order valence-corrected chi connectivity index (χ2v) is 5.91. The summed E-state index contributed by atoms with van der Waals surface area (Å²) in [5.41, 5.74) is 0.980. The molecule has 3 rings (SSSR count). The van der Waals surface area contributed by atoms with Gasteiger partial charge in [0.2, 0.25) is 0 Å². The van der Waals surface area contributed by atoms with Crippen molar-refractivity contribution in [3.05, 3.63) is 24.9 Å². The number of rotatable bonds is 3. The largest absolute Gasteiger partial charge is 0.481 e. The minimum Gasteiger partial charge on any atom is -0.481 e. The minimum absolute atomic E-state index is 0.559. The molecule has 144 valence electrons. The van der Waals surface area contributed by atoms with E-state index < -0.39 is 11.9 Å². The molecule has 0 bridgehead atoms. The molecule has 1 atom stereocenters. The number of carboxylic acid groups (broad SMARTS) is 2. The Morgan fingerprint density at radius 2 is 1.92 bits per heavy atom. The highest BCUT2D eigenvalue weighted by Gasteiger charge is 2.14. The highest BCUT2D eigenvalue weighted by molar-refractivity contribution is 5.63. The molecule has 1 saturated heterocycles. The average molecular weight is 365 g/mol. The van der Waals surface area contributed by atoms with Crippen LogP contribution in [0.2, 0.25) is 0 Å². The van der Waals surface area contributed by atoms with Crippen LogP contribution in [0, 0.1) is 0 Å². The van der Waals surface area contributed by atoms with Gasteiger partial charge < -0.3 is 25.1 Å². The number of nitrogens with zero attached hydrogens (tertiary/aromatic N) is 3. The fourth-order valence-corrected chi connectivity index (χ4v) is 2.57. The normalized spacial score (nSPS) is 16.3. The third-order valence-corrected chi connectivity index (χ3v) is 3.53. The number of aromatic amines is 1. The molecule has 0 saturated carbocycles. The van der Waals surface area contributed by atoms with Gasteiger partial charge in [0.05, 0.1) is 12.5 Å². The first kappa shape index (κ1) is 21.4. The summed E-state index contributed by atoms with van der Waals surface area (Å²) in [6.07, 6.45) is 12.6. The van der Waals surface area contributed by atoms with Crippen LogP contribution in [0.25, 0.3) is 11.5 Å². The minimum atomic E-state index is -0.833. The van der Waals surface area contributed by atoms with Gasteiger partial charge in [-0.05, 0) is 19.4 Å². The van der Waals surface area contributed by atoms with Crippen molar-refractivity contribution in [2.75, 3.05) is 6.54 Å². The summed E-state index contributed by atoms with van der Waals surface area (Å²) in [6, 6.07) is 0.559. The van der Waals surface area contributed by atoms with Crippen LogP contribution < -0.4 is 5.32 Å². The summed E-state index contributed by atoms with van der Waals surface area (Å²) in [5, 5.41) is 18.5. The van der Waals surface area contributed by atoms with Gasteiger partial charge in [0.1, 0.15) is 5.69 Å². The fraction of sp³-hybridized carbons (Fsp3) is 0.529. The molecule has 0 aliphatic carbocycles. The van der Waals surface area contributed by atoms with Crippen molar-refractivity contribution in [3.63, 3.8) is 0 Å². The standard InChI is InChI=1S/C13H19N5.2C2H4O2/c1-2-4-11(15-5-3-1)9-18-7-6-16-13(18)12-8-14-10-17-12;2*1-2(3)4/h6-8,10-11,15H,1-5,9H2,(H,14,17);2*1H3,(H,3,4). The Labute approximate surface area is 152 Å². The van der Waals surface area contributed by atoms with Crippen LogP contribution in [-0.2, 0) is 16.1 Å². The van der Waals surface area contributed by atoms with Crippen molar-refractivity contribution in [2.45, 2.75) is 52.1 Å². The van der Waals surface area contributed by atoms with Crippen LogP contribution in [0.15, 0.2) is 24.9 Å². The Kier molecular flexibility index (Phi) is 9.70. The predicted octanol–water partition coefficient (Wildman–Crippen LogP) is 1.99. The quantitative estimate of drug-likeness (QED) is 0.653. The molecule has 9 heteroatoms. The smallest absolute Gasteiger partial charge is 0.300 e. The molecule has 1 aliphatic heterocycles. The molecule has 1 unspecified atom stereocenters. The van der Waals surface area contributed by atoms with Gasteiger partial charge in [-0.2, -0.15) is 0 Å². The van der Waals surface area contributed by atoms with Gasteiger partial charge in [-0.3, -0.25) is 9.59 Å². The summed E-state index contributed by atoms with van der Waals surface area (Å²) in [4.78, 5) is 29.6. The second-order valence-electron chi connectivity index (χ2n) is 5.91. The van der Waals surface area contributed by atoms with Crippen LogP contribution in [0.3, 0.4) is 0 Å². The molecule has 0 radical (unpaired) electrons. The van der Waals surface area contributed by atoms with Crippen LogP contribution in [0.4, 0.5) is 0 Å². The van der Waals surface area contributed by atoms with Crippen molar-refractivity contribution in [3.8, 4) is 11.5 Å². The van der Waals surface area contributed by atoms with Crippen LogP contribution in [0.5, 0.6) is 0 Å². The topological polar surface area (TPSA) is 133 Å². The Morgan fingerprint density at radius 3 is 2.54 bits per heavy atom. The van der Waals surface area contributed by atoms with E-state index in [4.69, 9.17) is 19.8 Å². The van der Waals surface area contributed by atoms with E-state index in [1.165, 1.54) is 25.7 Å². The lowest BCUT2D eigenvalue weighted by molar-refractivity contribution is -0.135. The van der Waals surface area contributed by atoms with Gasteiger partial charge >= 0.3 is 0 Å². The van der Waals surface area contributed by atoms with Crippen LogP contribution >= 0.6 is 0 Å². The summed E-state index contributed by atoms with van der Waals surface area (Å²) in [6.45, 7) is 4.28. The molecule has 9 nitrogen and oxygen atoms in total. The van der Waals surface area contributed by atoms with Gasteiger partial charge in [-0.1, -0.05) is 12.8 Å². The molecule has 1 aliphatic rings. The lowest BCUT2D eigenvalue weighted by Crippen LogP contribution is -2.32. The van der Waals surface area contributed by atoms with E-state index in [1.54, 1.807) is 6.33 Å². The first-order valence-corrected chi connectivity index (χ1v) is 8.52. The van der Waals surface area contributed by atoms with E-state index in [0.717, 1.165) is 38.5 Å². The lowest BCUT2D eigenvalue weighted by Gasteiger charge is -2.17. The number of aromatic nitrogens is 4. The average Bonchev–Trinajstić information content (AvgIpc) is 3.14. The van der Waals surface area contributed by atoms with E-state index in [2.05, 4.69) is 24.8 Å². The zero-order valence-electron chi connectivity index (χ0n) is 15.2. The maximum atomic E-state index is 9.00. The van der Waals surface area contributed by atoms with Crippen molar-refractivity contribution < 1.29 is 19.8 Å². The number of nitrogens with one attached hydrogen (secondary N) is 2. The highest BCUT2D eigenvalue weighted by atomic mass is 16.4. The zero-order chi connectivity index (χ0) is 19.4. The van der Waals surface area contributed by atoms with Gasteiger partial charge in [0.25, 0.3) is 11.9 Å².